The molecule has 70 heavy (non-hydrogen) atoms. The van der Waals surface area contributed by atoms with E-state index in [1.54, 1.807) is 31.2 Å². The van der Waals surface area contributed by atoms with E-state index in [-0.39, 0.29) is 12.1 Å². The summed E-state index contributed by atoms with van der Waals surface area (Å²) in [6.45, 7) is 0. The van der Waals surface area contributed by atoms with E-state index in [2.05, 4.69) is 107 Å². The molecule has 0 bridgehead atoms. The zero-order valence-corrected chi connectivity index (χ0v) is 42.5. The van der Waals surface area contributed by atoms with Gasteiger partial charge in [-0.3, -0.25) is 0 Å². The zero-order chi connectivity index (χ0) is 48.3. The molecule has 0 amide bonds. The van der Waals surface area contributed by atoms with Crippen molar-refractivity contribution in [1.82, 2.24) is 69.9 Å². The maximum atomic E-state index is 12.3. The van der Waals surface area contributed by atoms with Gasteiger partial charge in [0.15, 0.2) is 22.9 Å². The molecule has 6 aromatic carbocycles. The third-order valence-corrected chi connectivity index (χ3v) is 14.3. The summed E-state index contributed by atoms with van der Waals surface area (Å²) in [5.74, 6) is 1.86. The molecule has 0 fully saturated rings. The van der Waals surface area contributed by atoms with Crippen LogP contribution in [0, 0.1) is 7.14 Å². The van der Waals surface area contributed by atoms with Gasteiger partial charge in [0.05, 0.1) is 0 Å². The molecule has 0 radical (unpaired) electrons. The number of aliphatic hydroxyl groups is 2. The summed E-state index contributed by atoms with van der Waals surface area (Å²) in [4.78, 5) is 0. The van der Waals surface area contributed by atoms with E-state index in [0.717, 1.165) is 40.8 Å². The molecule has 18 nitrogen and oxygen atoms in total. The standard InChI is InChI=1S/2C24H18ClIN8O/c2*1-33-13-27-29-22(33)24(35,15-5-8-18(26)9-6-15)16-7-10-20-19(12-16)21(14-3-2-4-17(25)11-14)34-23(28-20)30-31-32-34/h2*2-13,21,35H,1H3,(H,28,30,32). The molecule has 2 aliphatic rings. The smallest absolute Gasteiger partial charge is 0.248 e. The van der Waals surface area contributed by atoms with Gasteiger partial charge < -0.3 is 30.0 Å². The quantitative estimate of drug-likeness (QED) is 0.106. The highest BCUT2D eigenvalue weighted by Crippen LogP contribution is 2.45. The number of tetrazole rings is 2. The van der Waals surface area contributed by atoms with E-state index in [0.29, 0.717) is 55.8 Å². The molecular weight excluding hydrogens is 1160 g/mol. The number of rotatable bonds is 8. The van der Waals surface area contributed by atoms with Crippen LogP contribution < -0.4 is 10.6 Å². The van der Waals surface area contributed by atoms with Gasteiger partial charge >= 0.3 is 0 Å². The molecule has 0 saturated carbocycles. The Bertz CT molecular complexity index is 3330. The zero-order valence-electron chi connectivity index (χ0n) is 36.7. The second-order valence-electron chi connectivity index (χ2n) is 16.6. The van der Waals surface area contributed by atoms with Crippen molar-refractivity contribution in [1.29, 1.82) is 0 Å². The minimum Gasteiger partial charge on any atom is -0.373 e. The molecule has 10 aromatic rings. The second-order valence-corrected chi connectivity index (χ2v) is 20.0. The van der Waals surface area contributed by atoms with E-state index in [9.17, 15) is 10.2 Å². The van der Waals surface area contributed by atoms with Crippen LogP contribution in [-0.4, -0.2) is 80.2 Å². The first-order valence-electron chi connectivity index (χ1n) is 21.5. The maximum Gasteiger partial charge on any atom is 0.248 e. The Balaban J connectivity index is 0.000000152. The molecule has 0 saturated heterocycles. The molecular formula is C48H36Cl2I2N16O2. The Kier molecular flexibility index (Phi) is 11.9. The molecule has 12 rings (SSSR count). The summed E-state index contributed by atoms with van der Waals surface area (Å²) in [5.41, 5.74) is 4.82. The summed E-state index contributed by atoms with van der Waals surface area (Å²) in [6.07, 6.45) is 3.16. The molecule has 22 heteroatoms. The first-order chi connectivity index (χ1) is 33.9. The normalized spacial score (nSPS) is 16.2. The molecule has 0 spiro atoms. The largest absolute Gasteiger partial charge is 0.373 e. The molecule has 4 unspecified atom stereocenters. The number of nitrogens with zero attached hydrogens (tertiary/aromatic N) is 14. The Hall–Kier alpha value is -6.70. The van der Waals surface area contributed by atoms with Crippen LogP contribution in [0.25, 0.3) is 0 Å². The van der Waals surface area contributed by atoms with Crippen molar-refractivity contribution in [2.75, 3.05) is 10.6 Å². The topological polar surface area (TPSA) is 213 Å². The predicted octanol–water partition coefficient (Wildman–Crippen LogP) is 8.08. The molecule has 6 heterocycles. The lowest BCUT2D eigenvalue weighted by atomic mass is 9.83. The predicted molar refractivity (Wildman–Crippen MR) is 277 cm³/mol. The lowest BCUT2D eigenvalue weighted by molar-refractivity contribution is 0.111. The average molecular weight is 1190 g/mol. The summed E-state index contributed by atoms with van der Waals surface area (Å²) in [5, 5.41) is 73.5. The number of hydrogen-bond acceptors (Lipinski definition) is 14. The molecule has 4 atom stereocenters. The summed E-state index contributed by atoms with van der Waals surface area (Å²) < 4.78 is 9.00. The van der Waals surface area contributed by atoms with Crippen molar-refractivity contribution in [3.05, 3.63) is 219 Å². The van der Waals surface area contributed by atoms with Gasteiger partial charge in [0, 0.05) is 53.8 Å². The van der Waals surface area contributed by atoms with Crippen LogP contribution >= 0.6 is 68.4 Å². The fraction of sp³-hybridized carbons (Fsp3) is 0.125. The van der Waals surface area contributed by atoms with Crippen molar-refractivity contribution in [2.45, 2.75) is 23.3 Å². The lowest BCUT2D eigenvalue weighted by Gasteiger charge is -2.32. The molecule has 2 aliphatic heterocycles. The SMILES string of the molecule is Cn1cnnc1C(O)(c1ccc(I)cc1)c1ccc2c(c1)C(c1cccc(Cl)c1)n1nnnc1N2.Cn1cnnc1C(O)(c1ccc(I)cc1)c1ccc2c(c1)C(c1cccc(Cl)c1)n1nnnc1N2. The number of aromatic nitrogens is 14. The van der Waals surface area contributed by atoms with E-state index in [4.69, 9.17) is 23.2 Å². The van der Waals surface area contributed by atoms with Crippen molar-refractivity contribution >= 4 is 91.7 Å². The van der Waals surface area contributed by atoms with Crippen molar-refractivity contribution < 1.29 is 10.2 Å². The third-order valence-electron chi connectivity index (χ3n) is 12.4. The lowest BCUT2D eigenvalue weighted by Crippen LogP contribution is -2.33. The van der Waals surface area contributed by atoms with E-state index < -0.39 is 11.2 Å². The van der Waals surface area contributed by atoms with Gasteiger partial charge in [0.25, 0.3) is 0 Å². The number of anilines is 4. The molecule has 4 aromatic heterocycles. The minimum absolute atomic E-state index is 0.352. The van der Waals surface area contributed by atoms with E-state index in [1.165, 1.54) is 0 Å². The Morgan fingerprint density at radius 2 is 0.914 bits per heavy atom. The van der Waals surface area contributed by atoms with Gasteiger partial charge in [-0.25, -0.2) is 0 Å². The monoisotopic (exact) mass is 1190 g/mol. The van der Waals surface area contributed by atoms with Gasteiger partial charge in [-0.15, -0.1) is 20.4 Å². The fourth-order valence-electron chi connectivity index (χ4n) is 9.11. The van der Waals surface area contributed by atoms with Crippen LogP contribution in [0.5, 0.6) is 0 Å². The summed E-state index contributed by atoms with van der Waals surface area (Å²) in [7, 11) is 3.63. The van der Waals surface area contributed by atoms with Gasteiger partial charge in [-0.2, -0.15) is 9.36 Å². The summed E-state index contributed by atoms with van der Waals surface area (Å²) in [6, 6.07) is 41.5. The highest BCUT2D eigenvalue weighted by atomic mass is 127. The molecule has 348 valence electrons. The highest BCUT2D eigenvalue weighted by molar-refractivity contribution is 14.1. The van der Waals surface area contributed by atoms with Crippen LogP contribution in [0.2, 0.25) is 10.0 Å². The maximum absolute atomic E-state index is 12.3. The minimum atomic E-state index is -1.55. The van der Waals surface area contributed by atoms with Crippen molar-refractivity contribution in [3.8, 4) is 0 Å². The third kappa shape index (κ3) is 7.96. The van der Waals surface area contributed by atoms with Crippen LogP contribution in [0.3, 0.4) is 0 Å². The van der Waals surface area contributed by atoms with Crippen LogP contribution in [0.4, 0.5) is 23.3 Å². The summed E-state index contributed by atoms with van der Waals surface area (Å²) >= 11 is 17.2. The van der Waals surface area contributed by atoms with E-state index >= 15 is 0 Å². The number of hydrogen-bond donors (Lipinski definition) is 4. The number of aryl methyl sites for hydroxylation is 2. The van der Waals surface area contributed by atoms with Gasteiger partial charge in [0.2, 0.25) is 11.9 Å². The van der Waals surface area contributed by atoms with Crippen LogP contribution in [0.1, 0.15) is 68.2 Å². The van der Waals surface area contributed by atoms with Crippen molar-refractivity contribution in [3.63, 3.8) is 0 Å². The van der Waals surface area contributed by atoms with Crippen molar-refractivity contribution in [2.24, 2.45) is 14.1 Å². The Labute approximate surface area is 436 Å². The first-order valence-corrected chi connectivity index (χ1v) is 24.4. The Morgan fingerprint density at radius 3 is 1.29 bits per heavy atom. The van der Waals surface area contributed by atoms with Gasteiger partial charge in [0.1, 0.15) is 24.7 Å². The molecule has 4 N–H and O–H groups in total. The second kappa shape index (κ2) is 18.2. The average Bonchev–Trinajstić information content (AvgIpc) is 4.21. The number of fused-ring (bicyclic) bond motifs is 4. The Morgan fingerprint density at radius 1 is 0.514 bits per heavy atom. The number of nitrogens with one attached hydrogen (secondary N) is 2. The first kappa shape index (κ1) is 45.7. The number of benzene rings is 6. The highest BCUT2D eigenvalue weighted by Gasteiger charge is 2.42. The van der Waals surface area contributed by atoms with Crippen LogP contribution in [0.15, 0.2) is 146 Å². The van der Waals surface area contributed by atoms with Gasteiger partial charge in [-0.1, -0.05) is 94.1 Å². The number of halogens is 4. The van der Waals surface area contributed by atoms with Crippen LogP contribution in [-0.2, 0) is 25.3 Å². The fourth-order valence-corrected chi connectivity index (χ4v) is 10.2. The van der Waals surface area contributed by atoms with Gasteiger partial charge in [-0.05, 0) is 172 Å². The van der Waals surface area contributed by atoms with E-state index in [1.807, 2.05) is 148 Å². The molecule has 0 aliphatic carbocycles.